The van der Waals surface area contributed by atoms with E-state index in [2.05, 4.69) is 5.32 Å². The predicted molar refractivity (Wildman–Crippen MR) is 62.8 cm³/mol. The molecule has 2 N–H and O–H groups in total. The summed E-state index contributed by atoms with van der Waals surface area (Å²) in [6, 6.07) is 6.45. The highest BCUT2D eigenvalue weighted by Gasteiger charge is 2.20. The number of hydrogen-bond acceptors (Lipinski definition) is 3. The summed E-state index contributed by atoms with van der Waals surface area (Å²) in [7, 11) is 0. The Morgan fingerprint density at radius 1 is 1.35 bits per heavy atom. The Morgan fingerprint density at radius 2 is 2.12 bits per heavy atom. The Balaban J connectivity index is 2.10. The molecule has 0 saturated carbocycles. The number of carbonyl (C=O) groups is 2. The van der Waals surface area contributed by atoms with E-state index in [4.69, 9.17) is 0 Å². The molecule has 0 spiro atoms. The fraction of sp³-hybridized carbons (Fsp3) is 0.231. The zero-order valence-corrected chi connectivity index (χ0v) is 9.17. The molecule has 4 nitrogen and oxygen atoms in total. The first-order chi connectivity index (χ1) is 8.20. The van der Waals surface area contributed by atoms with Crippen molar-refractivity contribution in [1.29, 1.82) is 0 Å². The van der Waals surface area contributed by atoms with Gasteiger partial charge >= 0.3 is 0 Å². The highest BCUT2D eigenvalue weighted by atomic mass is 16.3. The van der Waals surface area contributed by atoms with Crippen molar-refractivity contribution in [3.05, 3.63) is 47.5 Å². The van der Waals surface area contributed by atoms with E-state index in [1.165, 1.54) is 0 Å². The van der Waals surface area contributed by atoms with E-state index in [1.54, 1.807) is 36.4 Å². The molecular formula is C13H13NO3. The molecule has 0 bridgehead atoms. The second-order valence-corrected chi connectivity index (χ2v) is 3.97. The fourth-order valence-electron chi connectivity index (χ4n) is 1.84. The van der Waals surface area contributed by atoms with Gasteiger partial charge in [-0.1, -0.05) is 30.4 Å². The maximum atomic E-state index is 11.9. The summed E-state index contributed by atoms with van der Waals surface area (Å²) in [5.41, 5.74) is 0.727. The second kappa shape index (κ2) is 4.93. The van der Waals surface area contributed by atoms with Gasteiger partial charge in [-0.25, -0.2) is 0 Å². The zero-order chi connectivity index (χ0) is 12.3. The number of carbonyl (C=O) groups excluding carboxylic acids is 2. The summed E-state index contributed by atoms with van der Waals surface area (Å²) in [4.78, 5) is 22.7. The van der Waals surface area contributed by atoms with E-state index in [0.717, 1.165) is 0 Å². The van der Waals surface area contributed by atoms with Gasteiger partial charge in [-0.2, -0.15) is 0 Å². The van der Waals surface area contributed by atoms with Gasteiger partial charge in [0.15, 0.2) is 6.29 Å². The van der Waals surface area contributed by atoms with Crippen LogP contribution in [0.5, 0.6) is 0 Å². The van der Waals surface area contributed by atoms with Crippen LogP contribution in [-0.4, -0.2) is 29.4 Å². The summed E-state index contributed by atoms with van der Waals surface area (Å²) in [6.45, 7) is 0. The van der Waals surface area contributed by atoms with Crippen molar-refractivity contribution >= 4 is 12.2 Å². The lowest BCUT2D eigenvalue weighted by atomic mass is 10.1. The van der Waals surface area contributed by atoms with Crippen molar-refractivity contribution in [2.75, 3.05) is 0 Å². The molecule has 1 amide bonds. The molecule has 0 aliphatic heterocycles. The summed E-state index contributed by atoms with van der Waals surface area (Å²) < 4.78 is 0. The number of amides is 1. The van der Waals surface area contributed by atoms with Gasteiger partial charge in [0.1, 0.15) is 0 Å². The van der Waals surface area contributed by atoms with Crippen LogP contribution >= 0.6 is 0 Å². The van der Waals surface area contributed by atoms with Crippen LogP contribution in [0, 0.1) is 0 Å². The Bertz CT molecular complexity index is 467. The number of rotatable bonds is 3. The van der Waals surface area contributed by atoms with E-state index in [-0.39, 0.29) is 11.9 Å². The maximum absolute atomic E-state index is 11.9. The standard InChI is InChI=1S/C13H13NO3/c15-8-9-3-1-2-4-12(9)13(17)14-10-5-6-11(16)7-10/h1-6,8,10-11,16H,7H2,(H,14,17)/t10-,11+/m0/s1. The summed E-state index contributed by atoms with van der Waals surface area (Å²) in [5.74, 6) is -0.295. The molecule has 1 aromatic rings. The van der Waals surface area contributed by atoms with Crippen molar-refractivity contribution in [2.24, 2.45) is 0 Å². The molecule has 88 valence electrons. The van der Waals surface area contributed by atoms with E-state index in [0.29, 0.717) is 23.8 Å². The van der Waals surface area contributed by atoms with E-state index < -0.39 is 6.10 Å². The number of aliphatic hydroxyl groups is 1. The molecule has 0 fully saturated rings. The van der Waals surface area contributed by atoms with Gasteiger partial charge in [0, 0.05) is 17.5 Å². The number of benzene rings is 1. The van der Waals surface area contributed by atoms with E-state index in [1.807, 2.05) is 0 Å². The third kappa shape index (κ3) is 2.60. The molecule has 2 rings (SSSR count). The maximum Gasteiger partial charge on any atom is 0.252 e. The Hall–Kier alpha value is -1.94. The van der Waals surface area contributed by atoms with Gasteiger partial charge in [0.25, 0.3) is 5.91 Å². The predicted octanol–water partition coefficient (Wildman–Crippen LogP) is 0.918. The zero-order valence-electron chi connectivity index (χ0n) is 9.17. The smallest absolute Gasteiger partial charge is 0.252 e. The van der Waals surface area contributed by atoms with Crippen molar-refractivity contribution in [1.82, 2.24) is 5.32 Å². The first-order valence-electron chi connectivity index (χ1n) is 5.42. The first kappa shape index (κ1) is 11.5. The minimum absolute atomic E-state index is 0.169. The SMILES string of the molecule is O=Cc1ccccc1C(=O)N[C@H]1C=C[C@@H](O)C1. The molecule has 2 atom stereocenters. The average molecular weight is 231 g/mol. The Morgan fingerprint density at radius 3 is 2.76 bits per heavy atom. The Labute approximate surface area is 99.0 Å². The third-order valence-corrected chi connectivity index (χ3v) is 2.71. The van der Waals surface area contributed by atoms with Crippen LogP contribution in [0.25, 0.3) is 0 Å². The van der Waals surface area contributed by atoms with Crippen molar-refractivity contribution in [2.45, 2.75) is 18.6 Å². The topological polar surface area (TPSA) is 66.4 Å². The van der Waals surface area contributed by atoms with Crippen LogP contribution in [-0.2, 0) is 0 Å². The van der Waals surface area contributed by atoms with Crippen molar-refractivity contribution in [3.63, 3.8) is 0 Å². The van der Waals surface area contributed by atoms with E-state index >= 15 is 0 Å². The largest absolute Gasteiger partial charge is 0.389 e. The molecular weight excluding hydrogens is 218 g/mol. The van der Waals surface area contributed by atoms with Crippen LogP contribution in [0.15, 0.2) is 36.4 Å². The molecule has 17 heavy (non-hydrogen) atoms. The molecule has 0 aromatic heterocycles. The van der Waals surface area contributed by atoms with Crippen LogP contribution in [0.1, 0.15) is 27.1 Å². The van der Waals surface area contributed by atoms with Crippen molar-refractivity contribution < 1.29 is 14.7 Å². The lowest BCUT2D eigenvalue weighted by molar-refractivity contribution is 0.0933. The highest BCUT2D eigenvalue weighted by molar-refractivity contribution is 6.01. The minimum atomic E-state index is -0.499. The second-order valence-electron chi connectivity index (χ2n) is 3.97. The summed E-state index contributed by atoms with van der Waals surface area (Å²) in [5, 5.41) is 12.0. The van der Waals surface area contributed by atoms with Crippen LogP contribution in [0.3, 0.4) is 0 Å². The first-order valence-corrected chi connectivity index (χ1v) is 5.42. The molecule has 4 heteroatoms. The lowest BCUT2D eigenvalue weighted by Gasteiger charge is -2.12. The van der Waals surface area contributed by atoms with Gasteiger partial charge in [-0.3, -0.25) is 9.59 Å². The van der Waals surface area contributed by atoms with Crippen LogP contribution < -0.4 is 5.32 Å². The van der Waals surface area contributed by atoms with Crippen molar-refractivity contribution in [3.8, 4) is 0 Å². The van der Waals surface area contributed by atoms with Gasteiger partial charge in [0.05, 0.1) is 12.1 Å². The lowest BCUT2D eigenvalue weighted by Crippen LogP contribution is -2.33. The molecule has 0 radical (unpaired) electrons. The number of aldehydes is 1. The molecule has 1 aliphatic rings. The minimum Gasteiger partial charge on any atom is -0.389 e. The molecule has 1 aromatic carbocycles. The van der Waals surface area contributed by atoms with Gasteiger partial charge < -0.3 is 10.4 Å². The van der Waals surface area contributed by atoms with Gasteiger partial charge in [-0.15, -0.1) is 0 Å². The third-order valence-electron chi connectivity index (χ3n) is 2.71. The highest BCUT2D eigenvalue weighted by Crippen LogP contribution is 2.12. The van der Waals surface area contributed by atoms with Gasteiger partial charge in [-0.05, 0) is 6.07 Å². The Kier molecular flexibility index (Phi) is 3.35. The monoisotopic (exact) mass is 231 g/mol. The quantitative estimate of drug-likeness (QED) is 0.600. The molecule has 0 unspecified atom stereocenters. The summed E-state index contributed by atoms with van der Waals surface area (Å²) >= 11 is 0. The van der Waals surface area contributed by atoms with Crippen LogP contribution in [0.4, 0.5) is 0 Å². The fourth-order valence-corrected chi connectivity index (χ4v) is 1.84. The average Bonchev–Trinajstić information content (AvgIpc) is 2.74. The normalized spacial score (nSPS) is 22.4. The molecule has 0 saturated heterocycles. The molecule has 1 aliphatic carbocycles. The van der Waals surface area contributed by atoms with E-state index in [9.17, 15) is 14.7 Å². The summed E-state index contributed by atoms with van der Waals surface area (Å²) in [6.07, 6.45) is 4.05. The number of hydrogen-bond donors (Lipinski definition) is 2. The molecule has 0 heterocycles. The van der Waals surface area contributed by atoms with Crippen LogP contribution in [0.2, 0.25) is 0 Å². The van der Waals surface area contributed by atoms with Gasteiger partial charge in [0.2, 0.25) is 0 Å². The number of nitrogens with one attached hydrogen (secondary N) is 1. The number of aliphatic hydroxyl groups excluding tert-OH is 1.